The maximum atomic E-state index is 12.0. The first-order chi connectivity index (χ1) is 10.6. The van der Waals surface area contributed by atoms with Crippen LogP contribution in [0.3, 0.4) is 0 Å². The van der Waals surface area contributed by atoms with Gasteiger partial charge in [-0.1, -0.05) is 18.2 Å². The summed E-state index contributed by atoms with van der Waals surface area (Å²) in [6.45, 7) is 0. The summed E-state index contributed by atoms with van der Waals surface area (Å²) in [7, 11) is 0. The zero-order valence-corrected chi connectivity index (χ0v) is 14.3. The SMILES string of the molecule is O=C1NC(=Nc2cccc(I)c2)S/C1=C/c1cccc(O)c1. The van der Waals surface area contributed by atoms with E-state index < -0.39 is 0 Å². The highest BCUT2D eigenvalue weighted by Crippen LogP contribution is 2.28. The van der Waals surface area contributed by atoms with Crippen molar-refractivity contribution in [3.05, 3.63) is 62.6 Å². The number of thioether (sulfide) groups is 1. The Morgan fingerprint density at radius 3 is 2.77 bits per heavy atom. The lowest BCUT2D eigenvalue weighted by atomic mass is 10.2. The second kappa shape index (κ2) is 6.53. The van der Waals surface area contributed by atoms with Gasteiger partial charge in [-0.25, -0.2) is 4.99 Å². The van der Waals surface area contributed by atoms with Crippen LogP contribution in [0, 0.1) is 3.57 Å². The molecule has 0 aliphatic carbocycles. The maximum absolute atomic E-state index is 12.0. The van der Waals surface area contributed by atoms with Crippen molar-refractivity contribution in [2.75, 3.05) is 0 Å². The van der Waals surface area contributed by atoms with Crippen molar-refractivity contribution in [2.45, 2.75) is 0 Å². The quantitative estimate of drug-likeness (QED) is 0.571. The first-order valence-corrected chi connectivity index (χ1v) is 8.34. The molecule has 3 rings (SSSR count). The minimum atomic E-state index is -0.183. The van der Waals surface area contributed by atoms with Gasteiger partial charge in [-0.15, -0.1) is 0 Å². The highest BCUT2D eigenvalue weighted by molar-refractivity contribution is 14.1. The van der Waals surface area contributed by atoms with Crippen LogP contribution in [0.1, 0.15) is 5.56 Å². The van der Waals surface area contributed by atoms with Gasteiger partial charge in [-0.2, -0.15) is 0 Å². The van der Waals surface area contributed by atoms with Crippen LogP contribution in [0.4, 0.5) is 5.69 Å². The number of aromatic hydroxyl groups is 1. The minimum absolute atomic E-state index is 0.172. The van der Waals surface area contributed by atoms with E-state index in [-0.39, 0.29) is 11.7 Å². The van der Waals surface area contributed by atoms with E-state index in [9.17, 15) is 9.90 Å². The second-order valence-electron chi connectivity index (χ2n) is 4.56. The summed E-state index contributed by atoms with van der Waals surface area (Å²) < 4.78 is 1.09. The van der Waals surface area contributed by atoms with Crippen LogP contribution in [0.15, 0.2) is 58.4 Å². The van der Waals surface area contributed by atoms with Gasteiger partial charge in [0.25, 0.3) is 5.91 Å². The van der Waals surface area contributed by atoms with Crippen LogP contribution >= 0.6 is 34.4 Å². The number of nitrogens with zero attached hydrogens (tertiary/aromatic N) is 1. The number of hydrogen-bond donors (Lipinski definition) is 2. The Hall–Kier alpha value is -1.80. The monoisotopic (exact) mass is 422 g/mol. The number of nitrogens with one attached hydrogen (secondary N) is 1. The van der Waals surface area contributed by atoms with Gasteiger partial charge in [0, 0.05) is 3.57 Å². The van der Waals surface area contributed by atoms with E-state index in [0.717, 1.165) is 14.8 Å². The molecule has 1 aliphatic rings. The van der Waals surface area contributed by atoms with Gasteiger partial charge in [0.2, 0.25) is 0 Å². The van der Waals surface area contributed by atoms with Crippen LogP contribution < -0.4 is 5.32 Å². The minimum Gasteiger partial charge on any atom is -0.508 e. The van der Waals surface area contributed by atoms with Crippen molar-refractivity contribution in [3.63, 3.8) is 0 Å². The molecule has 0 bridgehead atoms. The molecule has 2 aromatic rings. The topological polar surface area (TPSA) is 61.7 Å². The molecular formula is C16H11IN2O2S. The lowest BCUT2D eigenvalue weighted by Gasteiger charge is -1.97. The second-order valence-corrected chi connectivity index (χ2v) is 6.83. The Bertz CT molecular complexity index is 802. The largest absolute Gasteiger partial charge is 0.508 e. The molecule has 4 nitrogen and oxygen atoms in total. The summed E-state index contributed by atoms with van der Waals surface area (Å²) in [5, 5.41) is 12.8. The molecule has 1 amide bonds. The van der Waals surface area contributed by atoms with Crippen molar-refractivity contribution in [1.82, 2.24) is 5.32 Å². The van der Waals surface area contributed by atoms with E-state index in [2.05, 4.69) is 32.9 Å². The molecule has 22 heavy (non-hydrogen) atoms. The van der Waals surface area contributed by atoms with E-state index in [1.54, 1.807) is 24.3 Å². The Morgan fingerprint density at radius 2 is 2.00 bits per heavy atom. The smallest absolute Gasteiger partial charge is 0.264 e. The molecule has 1 aliphatic heterocycles. The summed E-state index contributed by atoms with van der Waals surface area (Å²) in [5.41, 5.74) is 1.57. The number of aliphatic imine (C=N–C) groups is 1. The number of rotatable bonds is 2. The van der Waals surface area contributed by atoms with Crippen molar-refractivity contribution >= 4 is 57.2 Å². The maximum Gasteiger partial charge on any atom is 0.264 e. The molecule has 0 saturated carbocycles. The molecule has 2 N–H and O–H groups in total. The molecule has 1 saturated heterocycles. The molecule has 0 radical (unpaired) electrons. The molecule has 0 unspecified atom stereocenters. The number of amides is 1. The predicted molar refractivity (Wildman–Crippen MR) is 98.1 cm³/mol. The van der Waals surface area contributed by atoms with Crippen molar-refractivity contribution < 1.29 is 9.90 Å². The van der Waals surface area contributed by atoms with Crippen molar-refractivity contribution in [3.8, 4) is 5.75 Å². The third kappa shape index (κ3) is 3.69. The first kappa shape index (κ1) is 15.1. The van der Waals surface area contributed by atoms with E-state index in [0.29, 0.717) is 10.1 Å². The normalized spacial score (nSPS) is 18.0. The lowest BCUT2D eigenvalue weighted by molar-refractivity contribution is -0.115. The Morgan fingerprint density at radius 1 is 1.18 bits per heavy atom. The Balaban J connectivity index is 1.84. The summed E-state index contributed by atoms with van der Waals surface area (Å²) in [4.78, 5) is 17.0. The van der Waals surface area contributed by atoms with Crippen molar-refractivity contribution in [2.24, 2.45) is 4.99 Å². The van der Waals surface area contributed by atoms with Gasteiger partial charge in [0.1, 0.15) is 5.75 Å². The molecule has 2 aromatic carbocycles. The third-order valence-electron chi connectivity index (χ3n) is 2.86. The Kier molecular flexibility index (Phi) is 4.49. The molecule has 1 heterocycles. The van der Waals surface area contributed by atoms with Gasteiger partial charge in [0.15, 0.2) is 5.17 Å². The third-order valence-corrected chi connectivity index (χ3v) is 4.44. The highest BCUT2D eigenvalue weighted by Gasteiger charge is 2.23. The molecule has 0 atom stereocenters. The van der Waals surface area contributed by atoms with Crippen LogP contribution in [0.2, 0.25) is 0 Å². The zero-order valence-electron chi connectivity index (χ0n) is 11.3. The van der Waals surface area contributed by atoms with Gasteiger partial charge < -0.3 is 10.4 Å². The number of hydrogen-bond acceptors (Lipinski definition) is 4. The van der Waals surface area contributed by atoms with Crippen LogP contribution in [-0.4, -0.2) is 16.2 Å². The van der Waals surface area contributed by atoms with Gasteiger partial charge in [0.05, 0.1) is 10.6 Å². The highest BCUT2D eigenvalue weighted by atomic mass is 127. The summed E-state index contributed by atoms with van der Waals surface area (Å²) >= 11 is 3.51. The summed E-state index contributed by atoms with van der Waals surface area (Å²) in [5.74, 6) is -0.0109. The van der Waals surface area contributed by atoms with E-state index in [1.807, 2.05) is 30.3 Å². The fourth-order valence-corrected chi connectivity index (χ4v) is 3.28. The number of amidine groups is 1. The van der Waals surface area contributed by atoms with Gasteiger partial charge in [-0.05, 0) is 76.3 Å². The first-order valence-electron chi connectivity index (χ1n) is 6.44. The number of halogens is 1. The fraction of sp³-hybridized carbons (Fsp3) is 0. The summed E-state index contributed by atoms with van der Waals surface area (Å²) in [6.07, 6.45) is 1.73. The molecule has 6 heteroatoms. The zero-order chi connectivity index (χ0) is 15.5. The van der Waals surface area contributed by atoms with E-state index >= 15 is 0 Å². The lowest BCUT2D eigenvalue weighted by Crippen LogP contribution is -2.19. The van der Waals surface area contributed by atoms with Gasteiger partial charge >= 0.3 is 0 Å². The molecule has 110 valence electrons. The van der Waals surface area contributed by atoms with E-state index in [4.69, 9.17) is 0 Å². The Labute approximate surface area is 145 Å². The van der Waals surface area contributed by atoms with Crippen LogP contribution in [0.5, 0.6) is 5.75 Å². The van der Waals surface area contributed by atoms with E-state index in [1.165, 1.54) is 11.8 Å². The number of phenolic OH excluding ortho intramolecular Hbond substituents is 1. The van der Waals surface area contributed by atoms with Crippen LogP contribution in [0.25, 0.3) is 6.08 Å². The number of carbonyl (C=O) groups is 1. The standard InChI is InChI=1S/C16H11IN2O2S/c17-11-4-2-5-12(9-11)18-16-19-15(21)14(22-16)8-10-3-1-6-13(20)7-10/h1-9,20H,(H,18,19,21)/b14-8+. The molecule has 1 fully saturated rings. The summed E-state index contributed by atoms with van der Waals surface area (Å²) in [6, 6.07) is 14.5. The van der Waals surface area contributed by atoms with Crippen molar-refractivity contribution in [1.29, 1.82) is 0 Å². The number of phenols is 1. The average molecular weight is 422 g/mol. The molecule has 0 spiro atoms. The average Bonchev–Trinajstić information content (AvgIpc) is 2.79. The fourth-order valence-electron chi connectivity index (χ4n) is 1.91. The molecular weight excluding hydrogens is 411 g/mol. The number of carbonyl (C=O) groups excluding carboxylic acids is 1. The molecule has 0 aromatic heterocycles. The van der Waals surface area contributed by atoms with Crippen LogP contribution in [-0.2, 0) is 4.79 Å². The van der Waals surface area contributed by atoms with Gasteiger partial charge in [-0.3, -0.25) is 4.79 Å². The predicted octanol–water partition coefficient (Wildman–Crippen LogP) is 3.89. The number of benzene rings is 2.